The molecule has 0 saturated heterocycles. The molecule has 25 heavy (non-hydrogen) atoms. The monoisotopic (exact) mass is 331 g/mol. The van der Waals surface area contributed by atoms with Gasteiger partial charge >= 0.3 is 0 Å². The number of carbonyl (C=O) groups excluding carboxylic acids is 2. The smallest absolute Gasteiger partial charge is 0.266 e. The van der Waals surface area contributed by atoms with E-state index in [1.54, 1.807) is 24.3 Å². The highest BCUT2D eigenvalue weighted by molar-refractivity contribution is 6.20. The molecule has 1 heterocycles. The van der Waals surface area contributed by atoms with Gasteiger partial charge < -0.3 is 0 Å². The number of nitrogens with zero attached hydrogens (tertiary/aromatic N) is 1. The van der Waals surface area contributed by atoms with Crippen molar-refractivity contribution in [1.82, 2.24) is 5.06 Å². The van der Waals surface area contributed by atoms with Gasteiger partial charge in [0.05, 0.1) is 11.1 Å². The lowest BCUT2D eigenvalue weighted by atomic mass is 9.86. The molecule has 0 aromatic heterocycles. The van der Waals surface area contributed by atoms with Gasteiger partial charge in [-0.1, -0.05) is 30.2 Å². The first-order valence-electron chi connectivity index (χ1n) is 8.40. The van der Waals surface area contributed by atoms with E-state index in [0.717, 1.165) is 41.0 Å². The number of fused-ring (bicyclic) bond motifs is 2. The molecular formula is C21H17NO3. The van der Waals surface area contributed by atoms with Gasteiger partial charge in [0.15, 0.2) is 0 Å². The Morgan fingerprint density at radius 1 is 1.04 bits per heavy atom. The summed E-state index contributed by atoms with van der Waals surface area (Å²) in [5, 5.41) is 0.919. The number of carbonyl (C=O) groups is 2. The molecule has 0 bridgehead atoms. The second kappa shape index (κ2) is 6.19. The van der Waals surface area contributed by atoms with Crippen molar-refractivity contribution in [3.05, 3.63) is 70.3 Å². The van der Waals surface area contributed by atoms with Crippen LogP contribution in [-0.2, 0) is 11.3 Å². The van der Waals surface area contributed by atoms with Gasteiger partial charge in [-0.05, 0) is 55.5 Å². The lowest BCUT2D eigenvalue weighted by molar-refractivity contribution is -0.138. The summed E-state index contributed by atoms with van der Waals surface area (Å²) in [6, 6.07) is 12.8. The van der Waals surface area contributed by atoms with Crippen LogP contribution in [0.1, 0.15) is 63.3 Å². The molecule has 1 atom stereocenters. The zero-order valence-electron chi connectivity index (χ0n) is 13.9. The van der Waals surface area contributed by atoms with Gasteiger partial charge in [-0.2, -0.15) is 0 Å². The predicted octanol–water partition coefficient (Wildman–Crippen LogP) is 3.66. The third kappa shape index (κ3) is 2.54. The lowest BCUT2D eigenvalue weighted by Gasteiger charge is -2.28. The average Bonchev–Trinajstić information content (AvgIpc) is 2.88. The normalized spacial score (nSPS) is 18.4. The van der Waals surface area contributed by atoms with Crippen molar-refractivity contribution >= 4 is 11.8 Å². The molecule has 2 aromatic carbocycles. The minimum atomic E-state index is -0.391. The summed E-state index contributed by atoms with van der Waals surface area (Å²) in [5.74, 6) is 5.28. The molecule has 0 fully saturated rings. The van der Waals surface area contributed by atoms with E-state index in [0.29, 0.717) is 11.1 Å². The molecule has 2 aliphatic rings. The third-order valence-corrected chi connectivity index (χ3v) is 4.70. The number of imide groups is 1. The van der Waals surface area contributed by atoms with Crippen LogP contribution in [0.3, 0.4) is 0 Å². The summed E-state index contributed by atoms with van der Waals surface area (Å²) in [6.45, 7) is 1.81. The van der Waals surface area contributed by atoms with E-state index in [1.807, 2.05) is 25.1 Å². The fourth-order valence-corrected chi connectivity index (χ4v) is 3.56. The molecule has 2 aromatic rings. The Morgan fingerprint density at radius 3 is 2.44 bits per heavy atom. The average molecular weight is 331 g/mol. The van der Waals surface area contributed by atoms with Gasteiger partial charge in [0.1, 0.15) is 6.10 Å². The Bertz CT molecular complexity index is 901. The van der Waals surface area contributed by atoms with Crippen LogP contribution in [0.4, 0.5) is 0 Å². The van der Waals surface area contributed by atoms with Crippen LogP contribution < -0.4 is 0 Å². The Morgan fingerprint density at radius 2 is 1.76 bits per heavy atom. The molecule has 0 spiro atoms. The van der Waals surface area contributed by atoms with Crippen LogP contribution >= 0.6 is 0 Å². The van der Waals surface area contributed by atoms with Gasteiger partial charge in [0.2, 0.25) is 0 Å². The third-order valence-electron chi connectivity index (χ3n) is 4.70. The minimum absolute atomic E-state index is 0.315. The highest BCUT2D eigenvalue weighted by atomic mass is 16.7. The maximum Gasteiger partial charge on any atom is 0.285 e. The zero-order chi connectivity index (χ0) is 17.4. The number of hydrogen-bond donors (Lipinski definition) is 0. The van der Waals surface area contributed by atoms with Crippen LogP contribution in [0.15, 0.2) is 42.5 Å². The van der Waals surface area contributed by atoms with Gasteiger partial charge in [0, 0.05) is 5.56 Å². The van der Waals surface area contributed by atoms with Crippen molar-refractivity contribution in [2.75, 3.05) is 0 Å². The molecule has 1 aliphatic carbocycles. The largest absolute Gasteiger partial charge is 0.285 e. The molecule has 124 valence electrons. The molecule has 1 unspecified atom stereocenters. The van der Waals surface area contributed by atoms with E-state index in [1.165, 1.54) is 0 Å². The fourth-order valence-electron chi connectivity index (χ4n) is 3.56. The van der Waals surface area contributed by atoms with Crippen LogP contribution in [0.2, 0.25) is 0 Å². The maximum absolute atomic E-state index is 12.5. The van der Waals surface area contributed by atoms with Crippen molar-refractivity contribution in [2.45, 2.75) is 32.3 Å². The Balaban J connectivity index is 1.66. The first kappa shape index (κ1) is 15.6. The van der Waals surface area contributed by atoms with Crippen molar-refractivity contribution in [1.29, 1.82) is 0 Å². The molecule has 4 nitrogen and oxygen atoms in total. The van der Waals surface area contributed by atoms with E-state index in [2.05, 4.69) is 11.8 Å². The van der Waals surface area contributed by atoms with Crippen LogP contribution in [0.5, 0.6) is 0 Å². The van der Waals surface area contributed by atoms with E-state index in [4.69, 9.17) is 4.84 Å². The lowest BCUT2D eigenvalue weighted by Crippen LogP contribution is -2.32. The predicted molar refractivity (Wildman–Crippen MR) is 92.7 cm³/mol. The maximum atomic E-state index is 12.5. The number of benzene rings is 2. The van der Waals surface area contributed by atoms with E-state index in [9.17, 15) is 9.59 Å². The molecule has 2 amide bonds. The molecule has 0 saturated carbocycles. The second-order valence-electron chi connectivity index (χ2n) is 6.18. The standard InChI is InChI=1S/C21H17NO3/c1-2-7-14-8-5-12-16-15(14)11-6-13-19(16)25-22-20(23)17-9-3-4-10-18(17)21(22)24/h3-5,8-10,12,19H,6,11,13H2,1H3. The summed E-state index contributed by atoms with van der Waals surface area (Å²) in [5.41, 5.74) is 3.96. The molecule has 0 radical (unpaired) electrons. The van der Waals surface area contributed by atoms with Gasteiger partial charge in [-0.25, -0.2) is 0 Å². The SMILES string of the molecule is CC#Cc1cccc2c1CCCC2ON1C(=O)c2ccccc2C1=O. The van der Waals surface area contributed by atoms with Crippen LogP contribution in [0, 0.1) is 11.8 Å². The quantitative estimate of drug-likeness (QED) is 0.623. The van der Waals surface area contributed by atoms with E-state index >= 15 is 0 Å². The molecule has 0 N–H and O–H groups in total. The van der Waals surface area contributed by atoms with Crippen LogP contribution in [0.25, 0.3) is 0 Å². The van der Waals surface area contributed by atoms with Crippen molar-refractivity contribution < 1.29 is 14.4 Å². The van der Waals surface area contributed by atoms with Gasteiger partial charge in [0.25, 0.3) is 11.8 Å². The van der Waals surface area contributed by atoms with E-state index < -0.39 is 11.8 Å². The fraction of sp³-hybridized carbons (Fsp3) is 0.238. The number of rotatable bonds is 2. The summed E-state index contributed by atoms with van der Waals surface area (Å²) >= 11 is 0. The summed E-state index contributed by atoms with van der Waals surface area (Å²) in [7, 11) is 0. The Hall–Kier alpha value is -2.90. The molecule has 4 rings (SSSR count). The van der Waals surface area contributed by atoms with E-state index in [-0.39, 0.29) is 6.10 Å². The molecule has 1 aliphatic heterocycles. The van der Waals surface area contributed by atoms with Crippen molar-refractivity contribution in [3.8, 4) is 11.8 Å². The van der Waals surface area contributed by atoms with Gasteiger partial charge in [-0.3, -0.25) is 14.4 Å². The summed E-state index contributed by atoms with van der Waals surface area (Å²) < 4.78 is 0. The highest BCUT2D eigenvalue weighted by Crippen LogP contribution is 2.36. The van der Waals surface area contributed by atoms with Crippen molar-refractivity contribution in [3.63, 3.8) is 0 Å². The minimum Gasteiger partial charge on any atom is -0.266 e. The first-order chi connectivity index (χ1) is 12.2. The highest BCUT2D eigenvalue weighted by Gasteiger charge is 2.39. The first-order valence-corrected chi connectivity index (χ1v) is 8.40. The molecular weight excluding hydrogens is 314 g/mol. The van der Waals surface area contributed by atoms with Crippen LogP contribution in [-0.4, -0.2) is 16.9 Å². The molecule has 4 heteroatoms. The number of amides is 2. The summed E-state index contributed by atoms with van der Waals surface area (Å²) in [6.07, 6.45) is 2.32. The zero-order valence-corrected chi connectivity index (χ0v) is 13.9. The Kier molecular flexibility index (Phi) is 3.87. The summed E-state index contributed by atoms with van der Waals surface area (Å²) in [4.78, 5) is 30.9. The Labute approximate surface area is 146 Å². The second-order valence-corrected chi connectivity index (χ2v) is 6.18. The van der Waals surface area contributed by atoms with Gasteiger partial charge in [-0.15, -0.1) is 11.0 Å². The number of hydroxylamine groups is 2. The van der Waals surface area contributed by atoms with Crippen molar-refractivity contribution in [2.24, 2.45) is 0 Å². The topological polar surface area (TPSA) is 46.6 Å². The number of hydrogen-bond acceptors (Lipinski definition) is 3.